The Labute approximate surface area is 95.3 Å². The lowest BCUT2D eigenvalue weighted by Crippen LogP contribution is -1.96. The molecule has 0 bridgehead atoms. The van der Waals surface area contributed by atoms with Crippen LogP contribution >= 0.6 is 0 Å². The number of hydrogen-bond donors (Lipinski definition) is 2. The smallest absolute Gasteiger partial charge is 0.123 e. The molecule has 0 aliphatic carbocycles. The third kappa shape index (κ3) is 2.14. The average molecular weight is 213 g/mol. The van der Waals surface area contributed by atoms with Crippen LogP contribution < -0.4 is 11.1 Å². The van der Waals surface area contributed by atoms with Crippen LogP contribution in [0.2, 0.25) is 0 Å². The number of rotatable bonds is 2. The topological polar surface area (TPSA) is 50.9 Å². The van der Waals surface area contributed by atoms with Crippen molar-refractivity contribution in [2.24, 2.45) is 0 Å². The van der Waals surface area contributed by atoms with E-state index in [1.54, 1.807) is 12.3 Å². The van der Waals surface area contributed by atoms with Crippen molar-refractivity contribution in [3.05, 3.63) is 47.7 Å². The van der Waals surface area contributed by atoms with Gasteiger partial charge in [-0.2, -0.15) is 0 Å². The fourth-order valence-corrected chi connectivity index (χ4v) is 1.52. The highest BCUT2D eigenvalue weighted by atomic mass is 14.9. The minimum Gasteiger partial charge on any atom is -0.384 e. The molecule has 1 aromatic carbocycles. The SMILES string of the molecule is Cc1cccc(Nc2ccc(N)nc2)c1C. The molecule has 3 nitrogen and oxygen atoms in total. The number of nitrogens with one attached hydrogen (secondary N) is 1. The van der Waals surface area contributed by atoms with Gasteiger partial charge in [-0.05, 0) is 43.2 Å². The Hall–Kier alpha value is -2.03. The third-order valence-electron chi connectivity index (χ3n) is 2.67. The summed E-state index contributed by atoms with van der Waals surface area (Å²) in [6.45, 7) is 4.20. The van der Waals surface area contributed by atoms with Crippen LogP contribution in [0.15, 0.2) is 36.5 Å². The molecule has 0 spiro atoms. The van der Waals surface area contributed by atoms with Gasteiger partial charge in [0.25, 0.3) is 0 Å². The Balaban J connectivity index is 2.27. The Bertz CT molecular complexity index is 489. The molecule has 16 heavy (non-hydrogen) atoms. The Morgan fingerprint density at radius 3 is 2.62 bits per heavy atom. The number of aromatic nitrogens is 1. The fraction of sp³-hybridized carbons (Fsp3) is 0.154. The van der Waals surface area contributed by atoms with Crippen LogP contribution in [0.3, 0.4) is 0 Å². The number of nitrogens with zero attached hydrogens (tertiary/aromatic N) is 1. The van der Waals surface area contributed by atoms with E-state index in [0.717, 1.165) is 11.4 Å². The molecule has 0 amide bonds. The van der Waals surface area contributed by atoms with Gasteiger partial charge >= 0.3 is 0 Å². The van der Waals surface area contributed by atoms with Crippen LogP contribution in [-0.2, 0) is 0 Å². The lowest BCUT2D eigenvalue weighted by Gasteiger charge is -2.11. The fourth-order valence-electron chi connectivity index (χ4n) is 1.52. The monoisotopic (exact) mass is 213 g/mol. The second-order valence-corrected chi connectivity index (χ2v) is 3.84. The summed E-state index contributed by atoms with van der Waals surface area (Å²) in [6.07, 6.45) is 1.73. The maximum Gasteiger partial charge on any atom is 0.123 e. The van der Waals surface area contributed by atoms with E-state index in [0.29, 0.717) is 5.82 Å². The molecular weight excluding hydrogens is 198 g/mol. The van der Waals surface area contributed by atoms with Gasteiger partial charge in [0.15, 0.2) is 0 Å². The van der Waals surface area contributed by atoms with Crippen molar-refractivity contribution in [1.29, 1.82) is 0 Å². The maximum atomic E-state index is 5.54. The van der Waals surface area contributed by atoms with Crippen LogP contribution in [0.4, 0.5) is 17.2 Å². The summed E-state index contributed by atoms with van der Waals surface area (Å²) >= 11 is 0. The van der Waals surface area contributed by atoms with Gasteiger partial charge in [0.2, 0.25) is 0 Å². The first kappa shape index (κ1) is 10.5. The van der Waals surface area contributed by atoms with Crippen molar-refractivity contribution in [3.8, 4) is 0 Å². The summed E-state index contributed by atoms with van der Waals surface area (Å²) in [6, 6.07) is 9.90. The zero-order valence-electron chi connectivity index (χ0n) is 9.49. The first-order valence-corrected chi connectivity index (χ1v) is 5.21. The Morgan fingerprint density at radius 1 is 1.12 bits per heavy atom. The van der Waals surface area contributed by atoms with Crippen LogP contribution in [0.5, 0.6) is 0 Å². The average Bonchev–Trinajstić information content (AvgIpc) is 2.28. The normalized spacial score (nSPS) is 10.1. The van der Waals surface area contributed by atoms with Gasteiger partial charge in [0, 0.05) is 5.69 Å². The molecule has 2 aromatic rings. The third-order valence-corrected chi connectivity index (χ3v) is 2.67. The minimum absolute atomic E-state index is 0.534. The van der Waals surface area contributed by atoms with Gasteiger partial charge in [0.1, 0.15) is 5.82 Å². The Morgan fingerprint density at radius 2 is 1.94 bits per heavy atom. The summed E-state index contributed by atoms with van der Waals surface area (Å²) in [5.74, 6) is 0.534. The van der Waals surface area contributed by atoms with E-state index < -0.39 is 0 Å². The lowest BCUT2D eigenvalue weighted by atomic mass is 10.1. The van der Waals surface area contributed by atoms with E-state index in [2.05, 4.69) is 36.3 Å². The number of aryl methyl sites for hydroxylation is 1. The molecule has 0 atom stereocenters. The number of anilines is 3. The van der Waals surface area contributed by atoms with Gasteiger partial charge in [-0.3, -0.25) is 0 Å². The standard InChI is InChI=1S/C13H15N3/c1-9-4-3-5-12(10(9)2)16-11-6-7-13(14)15-8-11/h3-8,16H,1-2H3,(H2,14,15). The second-order valence-electron chi connectivity index (χ2n) is 3.84. The molecule has 3 N–H and O–H groups in total. The van der Waals surface area contributed by atoms with Crippen molar-refractivity contribution < 1.29 is 0 Å². The minimum atomic E-state index is 0.534. The molecule has 0 aliphatic rings. The molecule has 2 rings (SSSR count). The van der Waals surface area contributed by atoms with E-state index in [9.17, 15) is 0 Å². The molecule has 0 unspecified atom stereocenters. The van der Waals surface area contributed by atoms with Crippen molar-refractivity contribution in [2.45, 2.75) is 13.8 Å². The summed E-state index contributed by atoms with van der Waals surface area (Å²) in [5, 5.41) is 3.32. The summed E-state index contributed by atoms with van der Waals surface area (Å²) < 4.78 is 0. The summed E-state index contributed by atoms with van der Waals surface area (Å²) in [5.41, 5.74) is 10.1. The van der Waals surface area contributed by atoms with Gasteiger partial charge in [-0.25, -0.2) is 4.98 Å². The van der Waals surface area contributed by atoms with Gasteiger partial charge in [0.05, 0.1) is 11.9 Å². The quantitative estimate of drug-likeness (QED) is 0.806. The number of hydrogen-bond acceptors (Lipinski definition) is 3. The van der Waals surface area contributed by atoms with Crippen molar-refractivity contribution in [2.75, 3.05) is 11.1 Å². The van der Waals surface area contributed by atoms with E-state index in [4.69, 9.17) is 5.73 Å². The van der Waals surface area contributed by atoms with Crippen LogP contribution in [0.25, 0.3) is 0 Å². The molecule has 0 aliphatic heterocycles. The largest absolute Gasteiger partial charge is 0.384 e. The Kier molecular flexibility index (Phi) is 2.77. The predicted molar refractivity (Wildman–Crippen MR) is 67.8 cm³/mol. The molecule has 0 fully saturated rings. The molecule has 1 heterocycles. The lowest BCUT2D eigenvalue weighted by molar-refractivity contribution is 1.30. The zero-order chi connectivity index (χ0) is 11.5. The van der Waals surface area contributed by atoms with Gasteiger partial charge in [-0.1, -0.05) is 12.1 Å². The first-order chi connectivity index (χ1) is 7.66. The predicted octanol–water partition coefficient (Wildman–Crippen LogP) is 3.02. The zero-order valence-corrected chi connectivity index (χ0v) is 9.49. The highest BCUT2D eigenvalue weighted by Crippen LogP contribution is 2.22. The molecular formula is C13H15N3. The molecule has 82 valence electrons. The van der Waals surface area contributed by atoms with E-state index in [1.165, 1.54) is 11.1 Å². The van der Waals surface area contributed by atoms with E-state index in [-0.39, 0.29) is 0 Å². The maximum absolute atomic E-state index is 5.54. The number of pyridine rings is 1. The highest BCUT2D eigenvalue weighted by Gasteiger charge is 2.00. The summed E-state index contributed by atoms with van der Waals surface area (Å²) in [7, 11) is 0. The van der Waals surface area contributed by atoms with Gasteiger partial charge < -0.3 is 11.1 Å². The summed E-state index contributed by atoms with van der Waals surface area (Å²) in [4.78, 5) is 4.04. The second kappa shape index (κ2) is 4.23. The van der Waals surface area contributed by atoms with Gasteiger partial charge in [-0.15, -0.1) is 0 Å². The molecule has 0 radical (unpaired) electrons. The number of nitrogen functional groups attached to an aromatic ring is 1. The van der Waals surface area contributed by atoms with Crippen LogP contribution in [-0.4, -0.2) is 4.98 Å². The van der Waals surface area contributed by atoms with Crippen LogP contribution in [0, 0.1) is 13.8 Å². The number of benzene rings is 1. The van der Waals surface area contributed by atoms with Crippen molar-refractivity contribution in [3.63, 3.8) is 0 Å². The van der Waals surface area contributed by atoms with Crippen LogP contribution in [0.1, 0.15) is 11.1 Å². The van der Waals surface area contributed by atoms with E-state index in [1.807, 2.05) is 12.1 Å². The number of nitrogens with two attached hydrogens (primary N) is 1. The van der Waals surface area contributed by atoms with Crippen molar-refractivity contribution >= 4 is 17.2 Å². The van der Waals surface area contributed by atoms with Crippen molar-refractivity contribution in [1.82, 2.24) is 4.98 Å². The molecule has 0 saturated heterocycles. The van der Waals surface area contributed by atoms with E-state index >= 15 is 0 Å². The molecule has 0 saturated carbocycles. The highest BCUT2D eigenvalue weighted by molar-refractivity contribution is 5.64. The molecule has 3 heteroatoms. The molecule has 1 aromatic heterocycles. The first-order valence-electron chi connectivity index (χ1n) is 5.21.